The van der Waals surface area contributed by atoms with Gasteiger partial charge in [-0.2, -0.15) is 0 Å². The largest absolute Gasteiger partial charge is 0.267 e. The second kappa shape index (κ2) is 6.33. The summed E-state index contributed by atoms with van der Waals surface area (Å²) in [5.74, 6) is 1.87. The van der Waals surface area contributed by atoms with Gasteiger partial charge >= 0.3 is 0 Å². The molecule has 0 fully saturated rings. The molecule has 2 heteroatoms. The van der Waals surface area contributed by atoms with Crippen molar-refractivity contribution >= 4 is 11.0 Å². The molecular formula is C23H31N2+. The van der Waals surface area contributed by atoms with Crippen LogP contribution in [0.4, 0.5) is 0 Å². The molecule has 132 valence electrons. The number of aryl methyl sites for hydroxylation is 1. The molecule has 2 aromatic carbocycles. The van der Waals surface area contributed by atoms with Gasteiger partial charge in [-0.05, 0) is 56.9 Å². The molecule has 0 aliphatic heterocycles. The summed E-state index contributed by atoms with van der Waals surface area (Å²) in [7, 11) is 2.20. The number of para-hydroxylation sites is 2. The van der Waals surface area contributed by atoms with E-state index >= 15 is 0 Å². The van der Waals surface area contributed by atoms with Crippen molar-refractivity contribution in [3.05, 3.63) is 65.5 Å². The molecule has 0 saturated carbocycles. The second-order valence-corrected chi connectivity index (χ2v) is 8.20. The molecule has 0 aliphatic rings. The summed E-state index contributed by atoms with van der Waals surface area (Å²) < 4.78 is 4.89. The lowest BCUT2D eigenvalue weighted by Crippen LogP contribution is -2.46. The average molecular weight is 336 g/mol. The topological polar surface area (TPSA) is 8.81 Å². The molecule has 25 heavy (non-hydrogen) atoms. The van der Waals surface area contributed by atoms with Crippen molar-refractivity contribution in [3.63, 3.8) is 0 Å². The Kier molecular flexibility index (Phi) is 4.49. The maximum absolute atomic E-state index is 2.51. The smallest absolute Gasteiger partial charge is 0.229 e. The number of rotatable bonds is 4. The van der Waals surface area contributed by atoms with E-state index in [1.807, 2.05) is 0 Å². The van der Waals surface area contributed by atoms with Crippen LogP contribution in [-0.2, 0) is 12.5 Å². The van der Waals surface area contributed by atoms with Gasteiger partial charge in [0.1, 0.15) is 0 Å². The minimum atomic E-state index is -0.0844. The highest BCUT2D eigenvalue weighted by Gasteiger charge is 2.40. The first kappa shape index (κ1) is 17.7. The van der Waals surface area contributed by atoms with Crippen molar-refractivity contribution in [2.75, 3.05) is 0 Å². The first-order valence-electron chi connectivity index (χ1n) is 9.35. The monoisotopic (exact) mass is 335 g/mol. The number of hydrogen-bond acceptors (Lipinski definition) is 0. The van der Waals surface area contributed by atoms with E-state index in [1.54, 1.807) is 0 Å². The SMILES string of the molecule is CC(C)c1ccccc1C(C)(C)c1n(C)c2ccccc2[n+]1C(C)C. The van der Waals surface area contributed by atoms with Crippen LogP contribution in [-0.4, -0.2) is 4.57 Å². The third-order valence-electron chi connectivity index (χ3n) is 5.38. The lowest BCUT2D eigenvalue weighted by molar-refractivity contribution is -0.702. The van der Waals surface area contributed by atoms with Crippen LogP contribution < -0.4 is 4.57 Å². The third-order valence-corrected chi connectivity index (χ3v) is 5.38. The van der Waals surface area contributed by atoms with Crippen LogP contribution in [0.15, 0.2) is 48.5 Å². The maximum atomic E-state index is 2.51. The van der Waals surface area contributed by atoms with Crippen LogP contribution in [0.3, 0.4) is 0 Å². The average Bonchev–Trinajstić information content (AvgIpc) is 2.89. The van der Waals surface area contributed by atoms with Gasteiger partial charge in [0, 0.05) is 0 Å². The Balaban J connectivity index is 2.36. The molecule has 0 aliphatic carbocycles. The highest BCUT2D eigenvalue weighted by Crippen LogP contribution is 2.36. The Morgan fingerprint density at radius 3 is 2.12 bits per heavy atom. The molecule has 0 atom stereocenters. The van der Waals surface area contributed by atoms with Crippen molar-refractivity contribution in [1.29, 1.82) is 0 Å². The Morgan fingerprint density at radius 1 is 0.880 bits per heavy atom. The zero-order valence-electron chi connectivity index (χ0n) is 16.7. The van der Waals surface area contributed by atoms with Crippen molar-refractivity contribution in [3.8, 4) is 0 Å². The van der Waals surface area contributed by atoms with E-state index in [4.69, 9.17) is 0 Å². The number of imidazole rings is 1. The van der Waals surface area contributed by atoms with Crippen LogP contribution in [0.5, 0.6) is 0 Å². The molecule has 0 saturated heterocycles. The molecule has 0 amide bonds. The standard InChI is InChI=1S/C23H31N2/c1-16(2)18-12-8-9-13-19(18)23(5,6)22-24(7)20-14-10-11-15-21(20)25(22)17(3)4/h8-17H,1-7H3/q+1. The molecule has 3 rings (SSSR count). The Hall–Kier alpha value is -2.09. The highest BCUT2D eigenvalue weighted by atomic mass is 15.2. The van der Waals surface area contributed by atoms with Gasteiger partial charge in [-0.1, -0.05) is 50.2 Å². The number of fused-ring (bicyclic) bond motifs is 1. The summed E-state index contributed by atoms with van der Waals surface area (Å²) in [5, 5.41) is 0. The van der Waals surface area contributed by atoms with Crippen molar-refractivity contribution in [1.82, 2.24) is 4.57 Å². The first-order valence-corrected chi connectivity index (χ1v) is 9.35. The number of aromatic nitrogens is 2. The number of hydrogen-bond donors (Lipinski definition) is 0. The summed E-state index contributed by atoms with van der Waals surface area (Å²) in [5.41, 5.74) is 5.38. The molecular weight excluding hydrogens is 304 g/mol. The van der Waals surface area contributed by atoms with Crippen molar-refractivity contribution < 1.29 is 4.57 Å². The fourth-order valence-corrected chi connectivity index (χ4v) is 4.27. The molecule has 3 aromatic rings. The van der Waals surface area contributed by atoms with E-state index in [0.29, 0.717) is 12.0 Å². The van der Waals surface area contributed by atoms with E-state index in [9.17, 15) is 0 Å². The summed E-state index contributed by atoms with van der Waals surface area (Å²) >= 11 is 0. The predicted molar refractivity (Wildman–Crippen MR) is 106 cm³/mol. The molecule has 0 unspecified atom stereocenters. The maximum Gasteiger partial charge on any atom is 0.267 e. The zero-order chi connectivity index (χ0) is 18.4. The van der Waals surface area contributed by atoms with E-state index in [0.717, 1.165) is 0 Å². The summed E-state index contributed by atoms with van der Waals surface area (Å²) in [6.07, 6.45) is 0. The predicted octanol–water partition coefficient (Wildman–Crippen LogP) is 5.50. The van der Waals surface area contributed by atoms with Crippen molar-refractivity contribution in [2.24, 2.45) is 7.05 Å². The van der Waals surface area contributed by atoms with Crippen molar-refractivity contribution in [2.45, 2.75) is 58.9 Å². The highest BCUT2D eigenvalue weighted by molar-refractivity contribution is 5.72. The number of benzene rings is 2. The van der Waals surface area contributed by atoms with E-state index in [-0.39, 0.29) is 5.41 Å². The molecule has 2 nitrogen and oxygen atoms in total. The Morgan fingerprint density at radius 2 is 1.48 bits per heavy atom. The zero-order valence-corrected chi connectivity index (χ0v) is 16.7. The summed E-state index contributed by atoms with van der Waals surface area (Å²) in [4.78, 5) is 0. The quantitative estimate of drug-likeness (QED) is 0.557. The van der Waals surface area contributed by atoms with Crippen LogP contribution >= 0.6 is 0 Å². The fourth-order valence-electron chi connectivity index (χ4n) is 4.27. The molecule has 1 aromatic heterocycles. The van der Waals surface area contributed by atoms with E-state index in [1.165, 1.54) is 28.0 Å². The first-order chi connectivity index (χ1) is 11.8. The van der Waals surface area contributed by atoms with Crippen LogP contribution in [0, 0.1) is 0 Å². The van der Waals surface area contributed by atoms with Crippen LogP contribution in [0.2, 0.25) is 0 Å². The van der Waals surface area contributed by atoms with E-state index in [2.05, 4.69) is 106 Å². The number of nitrogens with zero attached hydrogens (tertiary/aromatic N) is 2. The fraction of sp³-hybridized carbons (Fsp3) is 0.435. The second-order valence-electron chi connectivity index (χ2n) is 8.20. The van der Waals surface area contributed by atoms with Gasteiger partial charge in [-0.3, -0.25) is 0 Å². The van der Waals surface area contributed by atoms with E-state index < -0.39 is 0 Å². The van der Waals surface area contributed by atoms with Gasteiger partial charge in [0.05, 0.1) is 18.5 Å². The van der Waals surface area contributed by atoms with Gasteiger partial charge in [0.2, 0.25) is 0 Å². The Bertz CT molecular complexity index is 898. The Labute approximate surface area is 152 Å². The van der Waals surface area contributed by atoms with Gasteiger partial charge in [0.25, 0.3) is 5.82 Å². The normalized spacial score (nSPS) is 12.5. The third kappa shape index (κ3) is 2.78. The van der Waals surface area contributed by atoms with Gasteiger partial charge in [0.15, 0.2) is 11.0 Å². The molecule has 0 spiro atoms. The van der Waals surface area contributed by atoms with Gasteiger partial charge in [-0.25, -0.2) is 9.13 Å². The van der Waals surface area contributed by atoms with Gasteiger partial charge < -0.3 is 0 Å². The lowest BCUT2D eigenvalue weighted by Gasteiger charge is -2.27. The molecule has 0 N–H and O–H groups in total. The minimum absolute atomic E-state index is 0.0844. The van der Waals surface area contributed by atoms with Gasteiger partial charge in [-0.15, -0.1) is 0 Å². The molecule has 0 bridgehead atoms. The summed E-state index contributed by atoms with van der Waals surface area (Å²) in [6.45, 7) is 13.9. The lowest BCUT2D eigenvalue weighted by atomic mass is 9.78. The van der Waals surface area contributed by atoms with Crippen LogP contribution in [0.25, 0.3) is 11.0 Å². The molecule has 1 heterocycles. The summed E-state index contributed by atoms with van der Waals surface area (Å²) in [6, 6.07) is 18.1. The minimum Gasteiger partial charge on any atom is -0.229 e. The van der Waals surface area contributed by atoms with Crippen LogP contribution in [0.1, 0.15) is 70.5 Å². The molecule has 0 radical (unpaired) electrons.